The normalized spacial score (nSPS) is 23.4. The summed E-state index contributed by atoms with van der Waals surface area (Å²) in [6, 6.07) is 4.21. The third-order valence-electron chi connectivity index (χ3n) is 4.17. The minimum absolute atomic E-state index is 0.317. The van der Waals surface area contributed by atoms with Gasteiger partial charge in [-0.2, -0.15) is 5.26 Å². The molecule has 4 nitrogen and oxygen atoms in total. The lowest BCUT2D eigenvalue weighted by molar-refractivity contribution is -0.0431. The molecule has 5 heteroatoms. The number of hydrogen-bond acceptors (Lipinski definition) is 5. The molecule has 2 fully saturated rings. The first-order valence-corrected chi connectivity index (χ1v) is 8.61. The minimum Gasteiger partial charge on any atom is -0.374 e. The SMILES string of the molecule is CN(CC1CC1)CC1CN(Cc2cc(C#N)cs2)CCO1. The number of nitriles is 1. The lowest BCUT2D eigenvalue weighted by atomic mass is 10.2. The number of hydrogen-bond donors (Lipinski definition) is 0. The van der Waals surface area contributed by atoms with Crippen LogP contribution in [0.5, 0.6) is 0 Å². The molecule has 1 aliphatic heterocycles. The van der Waals surface area contributed by atoms with Gasteiger partial charge in [0.2, 0.25) is 0 Å². The molecular weight excluding hydrogens is 282 g/mol. The van der Waals surface area contributed by atoms with Crippen LogP contribution in [-0.2, 0) is 11.3 Å². The molecule has 0 bridgehead atoms. The fourth-order valence-electron chi connectivity index (χ4n) is 2.94. The van der Waals surface area contributed by atoms with Gasteiger partial charge in [-0.3, -0.25) is 4.90 Å². The molecule has 2 heterocycles. The van der Waals surface area contributed by atoms with Gasteiger partial charge < -0.3 is 9.64 Å². The van der Waals surface area contributed by atoms with Gasteiger partial charge in [-0.1, -0.05) is 0 Å². The fourth-order valence-corrected chi connectivity index (χ4v) is 3.79. The highest BCUT2D eigenvalue weighted by Gasteiger charge is 2.26. The lowest BCUT2D eigenvalue weighted by Crippen LogP contribution is -2.46. The lowest BCUT2D eigenvalue weighted by Gasteiger charge is -2.34. The molecule has 1 aliphatic carbocycles. The van der Waals surface area contributed by atoms with Gasteiger partial charge in [-0.05, 0) is 31.9 Å². The van der Waals surface area contributed by atoms with Crippen LogP contribution in [-0.4, -0.2) is 55.7 Å². The first-order valence-electron chi connectivity index (χ1n) is 7.73. The Morgan fingerprint density at radius 1 is 1.48 bits per heavy atom. The molecule has 1 aromatic rings. The highest BCUT2D eigenvalue weighted by atomic mass is 32.1. The quantitative estimate of drug-likeness (QED) is 0.807. The number of nitrogens with zero attached hydrogens (tertiary/aromatic N) is 3. The van der Waals surface area contributed by atoms with Crippen molar-refractivity contribution >= 4 is 11.3 Å². The van der Waals surface area contributed by atoms with Gasteiger partial charge in [0.05, 0.1) is 18.3 Å². The maximum absolute atomic E-state index is 8.89. The predicted molar refractivity (Wildman–Crippen MR) is 84.3 cm³/mol. The average molecular weight is 305 g/mol. The predicted octanol–water partition coefficient (Wildman–Crippen LogP) is 2.16. The summed E-state index contributed by atoms with van der Waals surface area (Å²) in [4.78, 5) is 6.15. The van der Waals surface area contributed by atoms with Crippen molar-refractivity contribution in [2.45, 2.75) is 25.5 Å². The highest BCUT2D eigenvalue weighted by Crippen LogP contribution is 2.29. The van der Waals surface area contributed by atoms with E-state index in [0.29, 0.717) is 6.10 Å². The Balaban J connectivity index is 1.47. The summed E-state index contributed by atoms with van der Waals surface area (Å²) >= 11 is 1.68. The van der Waals surface area contributed by atoms with Crippen LogP contribution < -0.4 is 0 Å². The van der Waals surface area contributed by atoms with Crippen LogP contribution in [0.4, 0.5) is 0 Å². The van der Waals surface area contributed by atoms with Crippen molar-refractivity contribution in [3.63, 3.8) is 0 Å². The van der Waals surface area contributed by atoms with Crippen LogP contribution in [0.3, 0.4) is 0 Å². The van der Waals surface area contributed by atoms with Crippen LogP contribution in [0, 0.1) is 17.2 Å². The Kier molecular flexibility index (Phi) is 4.91. The van der Waals surface area contributed by atoms with Gasteiger partial charge in [0.15, 0.2) is 0 Å². The van der Waals surface area contributed by atoms with Crippen LogP contribution in [0.15, 0.2) is 11.4 Å². The molecule has 3 rings (SSSR count). The Bertz CT molecular complexity index is 506. The summed E-state index contributed by atoms with van der Waals surface area (Å²) in [6.45, 7) is 5.99. The van der Waals surface area contributed by atoms with E-state index >= 15 is 0 Å². The van der Waals surface area contributed by atoms with Gasteiger partial charge in [-0.25, -0.2) is 0 Å². The first kappa shape index (κ1) is 15.0. The molecule has 1 saturated carbocycles. The maximum atomic E-state index is 8.89. The second-order valence-corrected chi connectivity index (χ2v) is 7.30. The molecule has 0 aromatic carbocycles. The highest BCUT2D eigenvalue weighted by molar-refractivity contribution is 7.10. The Hall–Kier alpha value is -0.930. The van der Waals surface area contributed by atoms with E-state index in [1.807, 2.05) is 11.4 Å². The van der Waals surface area contributed by atoms with Crippen molar-refractivity contribution in [2.24, 2.45) is 5.92 Å². The molecule has 21 heavy (non-hydrogen) atoms. The van der Waals surface area contributed by atoms with Crippen LogP contribution in [0.2, 0.25) is 0 Å². The van der Waals surface area contributed by atoms with Gasteiger partial charge >= 0.3 is 0 Å². The maximum Gasteiger partial charge on any atom is 0.100 e. The number of thiophene rings is 1. The molecule has 2 aliphatic rings. The standard InChI is InChI=1S/C16H23N3OS/c1-18(8-13-2-3-13)9-15-10-19(4-5-20-15)11-16-6-14(7-17)12-21-16/h6,12-13,15H,2-5,8-11H2,1H3. The average Bonchev–Trinajstić information content (AvgIpc) is 3.15. The summed E-state index contributed by atoms with van der Waals surface area (Å²) < 4.78 is 5.91. The zero-order chi connectivity index (χ0) is 14.7. The molecule has 1 atom stereocenters. The van der Waals surface area contributed by atoms with Crippen LogP contribution in [0.1, 0.15) is 23.3 Å². The summed E-state index contributed by atoms with van der Waals surface area (Å²) in [5, 5.41) is 10.8. The van der Waals surface area contributed by atoms with E-state index in [0.717, 1.165) is 44.3 Å². The van der Waals surface area contributed by atoms with Crippen molar-refractivity contribution in [3.05, 3.63) is 21.9 Å². The van der Waals surface area contributed by atoms with Crippen LogP contribution in [0.25, 0.3) is 0 Å². The molecule has 0 radical (unpaired) electrons. The Morgan fingerprint density at radius 3 is 3.05 bits per heavy atom. The van der Waals surface area contributed by atoms with Gasteiger partial charge in [-0.15, -0.1) is 11.3 Å². The Labute approximate surface area is 130 Å². The van der Waals surface area contributed by atoms with E-state index in [1.54, 1.807) is 11.3 Å². The molecule has 1 unspecified atom stereocenters. The fraction of sp³-hybridized carbons (Fsp3) is 0.688. The molecule has 1 aromatic heterocycles. The molecule has 0 N–H and O–H groups in total. The zero-order valence-corrected chi connectivity index (χ0v) is 13.4. The van der Waals surface area contributed by atoms with Gasteiger partial charge in [0, 0.05) is 43.0 Å². The number of rotatable bonds is 6. The molecule has 114 valence electrons. The summed E-state index contributed by atoms with van der Waals surface area (Å²) in [5.41, 5.74) is 0.781. The minimum atomic E-state index is 0.317. The van der Waals surface area contributed by atoms with E-state index in [2.05, 4.69) is 22.9 Å². The third kappa shape index (κ3) is 4.52. The second kappa shape index (κ2) is 6.89. The number of ether oxygens (including phenoxy) is 1. The van der Waals surface area contributed by atoms with Crippen molar-refractivity contribution < 1.29 is 4.74 Å². The zero-order valence-electron chi connectivity index (χ0n) is 12.6. The van der Waals surface area contributed by atoms with Crippen LogP contribution >= 0.6 is 11.3 Å². The topological polar surface area (TPSA) is 39.5 Å². The smallest absolute Gasteiger partial charge is 0.100 e. The number of likely N-dealkylation sites (N-methyl/N-ethyl adjacent to an activating group) is 1. The van der Waals surface area contributed by atoms with E-state index in [4.69, 9.17) is 10.00 Å². The molecule has 0 amide bonds. The van der Waals surface area contributed by atoms with Gasteiger partial charge in [0.1, 0.15) is 6.07 Å². The van der Waals surface area contributed by atoms with Crippen molar-refractivity contribution in [1.82, 2.24) is 9.80 Å². The van der Waals surface area contributed by atoms with Crippen molar-refractivity contribution in [2.75, 3.05) is 39.8 Å². The van der Waals surface area contributed by atoms with Crippen molar-refractivity contribution in [3.8, 4) is 6.07 Å². The van der Waals surface area contributed by atoms with Gasteiger partial charge in [0.25, 0.3) is 0 Å². The van der Waals surface area contributed by atoms with E-state index in [9.17, 15) is 0 Å². The summed E-state index contributed by atoms with van der Waals surface area (Å²) in [7, 11) is 2.21. The Morgan fingerprint density at radius 2 is 2.33 bits per heavy atom. The molecule has 0 spiro atoms. The summed E-state index contributed by atoms with van der Waals surface area (Å²) in [5.74, 6) is 0.935. The number of morpholine rings is 1. The third-order valence-corrected chi connectivity index (χ3v) is 5.09. The largest absolute Gasteiger partial charge is 0.374 e. The first-order chi connectivity index (χ1) is 10.2. The van der Waals surface area contributed by atoms with E-state index in [-0.39, 0.29) is 0 Å². The van der Waals surface area contributed by atoms with E-state index < -0.39 is 0 Å². The van der Waals surface area contributed by atoms with E-state index in [1.165, 1.54) is 24.3 Å². The summed E-state index contributed by atoms with van der Waals surface area (Å²) in [6.07, 6.45) is 3.13. The second-order valence-electron chi connectivity index (χ2n) is 6.31. The monoisotopic (exact) mass is 305 g/mol. The molecule has 1 saturated heterocycles. The molecular formula is C16H23N3OS. The van der Waals surface area contributed by atoms with Crippen molar-refractivity contribution in [1.29, 1.82) is 5.26 Å².